The minimum Gasteiger partial charge on any atom is -0.396 e. The summed E-state index contributed by atoms with van der Waals surface area (Å²) in [5.74, 6) is 3.48. The second kappa shape index (κ2) is 13.5. The van der Waals surface area contributed by atoms with Gasteiger partial charge in [0.05, 0.1) is 0 Å². The van der Waals surface area contributed by atoms with Crippen molar-refractivity contribution in [2.75, 3.05) is 50.8 Å². The molecule has 0 spiro atoms. The topological polar surface area (TPSA) is 59.9 Å². The number of aliphatic hydroxyl groups excluding tert-OH is 1. The molecule has 166 valence electrons. The summed E-state index contributed by atoms with van der Waals surface area (Å²) in [6, 6.07) is 0. The van der Waals surface area contributed by atoms with E-state index in [1.54, 1.807) is 0 Å². The zero-order valence-corrected chi connectivity index (χ0v) is 21.4. The minimum atomic E-state index is 0. The lowest BCUT2D eigenvalue weighted by Crippen LogP contribution is -2.57. The number of nitrogens with one attached hydrogen (secondary N) is 2. The van der Waals surface area contributed by atoms with Gasteiger partial charge in [-0.05, 0) is 44.4 Å². The van der Waals surface area contributed by atoms with Crippen LogP contribution < -0.4 is 10.6 Å². The van der Waals surface area contributed by atoms with E-state index in [2.05, 4.69) is 48.1 Å². The second-order valence-corrected chi connectivity index (χ2v) is 9.49. The van der Waals surface area contributed by atoms with Crippen LogP contribution in [0.2, 0.25) is 0 Å². The van der Waals surface area contributed by atoms with Crippen molar-refractivity contribution >= 4 is 41.7 Å². The quantitative estimate of drug-likeness (QED) is 0.230. The standard InChI is InChI=1S/C21H42N4OS.HI/c1-4-20(5-2,11-14-26)17-23-19(22-6-3)24-18-21(9-7-8-10-21)25-12-15-27-16-13-25;/h26H,4-18H2,1-3H3,(H2,22,23,24);1H. The molecular weight excluding hydrogens is 483 g/mol. The van der Waals surface area contributed by atoms with Crippen molar-refractivity contribution in [3.8, 4) is 0 Å². The van der Waals surface area contributed by atoms with E-state index in [1.165, 1.54) is 50.3 Å². The average molecular weight is 527 g/mol. The van der Waals surface area contributed by atoms with Crippen LogP contribution in [0.1, 0.15) is 65.7 Å². The molecule has 0 aromatic heterocycles. The van der Waals surface area contributed by atoms with E-state index in [1.807, 2.05) is 0 Å². The maximum atomic E-state index is 9.47. The number of halogens is 1. The van der Waals surface area contributed by atoms with Gasteiger partial charge < -0.3 is 15.7 Å². The highest BCUT2D eigenvalue weighted by molar-refractivity contribution is 14.0. The van der Waals surface area contributed by atoms with Gasteiger partial charge in [0.15, 0.2) is 5.96 Å². The van der Waals surface area contributed by atoms with Gasteiger partial charge in [0.1, 0.15) is 0 Å². The van der Waals surface area contributed by atoms with Crippen LogP contribution in [0.25, 0.3) is 0 Å². The van der Waals surface area contributed by atoms with Crippen LogP contribution in [-0.4, -0.2) is 72.3 Å². The molecule has 0 bridgehead atoms. The van der Waals surface area contributed by atoms with Gasteiger partial charge in [-0.2, -0.15) is 11.8 Å². The molecule has 1 aliphatic heterocycles. The molecule has 1 saturated heterocycles. The van der Waals surface area contributed by atoms with Crippen molar-refractivity contribution in [2.24, 2.45) is 10.4 Å². The summed E-state index contributed by atoms with van der Waals surface area (Å²) in [7, 11) is 0. The summed E-state index contributed by atoms with van der Waals surface area (Å²) in [4.78, 5) is 7.70. The molecule has 0 aromatic rings. The molecule has 2 rings (SSSR count). The minimum absolute atomic E-state index is 0. The maximum absolute atomic E-state index is 9.47. The molecule has 2 fully saturated rings. The molecule has 1 heterocycles. The first-order valence-electron chi connectivity index (χ1n) is 11.1. The molecule has 0 radical (unpaired) electrons. The Hall–Kier alpha value is 0.270. The van der Waals surface area contributed by atoms with Crippen molar-refractivity contribution in [2.45, 2.75) is 71.3 Å². The molecule has 0 aromatic carbocycles. The van der Waals surface area contributed by atoms with Crippen LogP contribution in [0.5, 0.6) is 0 Å². The van der Waals surface area contributed by atoms with Crippen molar-refractivity contribution in [1.82, 2.24) is 15.5 Å². The summed E-state index contributed by atoms with van der Waals surface area (Å²) >= 11 is 2.09. The van der Waals surface area contributed by atoms with Gasteiger partial charge in [0.2, 0.25) is 0 Å². The van der Waals surface area contributed by atoms with Crippen LogP contribution in [0, 0.1) is 5.41 Å². The summed E-state index contributed by atoms with van der Waals surface area (Å²) in [6.07, 6.45) is 8.27. The molecule has 7 heteroatoms. The molecule has 3 N–H and O–H groups in total. The predicted molar refractivity (Wildman–Crippen MR) is 134 cm³/mol. The molecule has 2 aliphatic rings. The smallest absolute Gasteiger partial charge is 0.191 e. The van der Waals surface area contributed by atoms with Gasteiger partial charge in [-0.3, -0.25) is 9.89 Å². The van der Waals surface area contributed by atoms with Gasteiger partial charge >= 0.3 is 0 Å². The Labute approximate surface area is 194 Å². The van der Waals surface area contributed by atoms with E-state index in [9.17, 15) is 5.11 Å². The average Bonchev–Trinajstić information content (AvgIpc) is 3.20. The fourth-order valence-corrected chi connectivity index (χ4v) is 5.56. The fraction of sp³-hybridized carbons (Fsp3) is 0.952. The van der Waals surface area contributed by atoms with Crippen molar-refractivity contribution in [3.05, 3.63) is 0 Å². The van der Waals surface area contributed by atoms with E-state index >= 15 is 0 Å². The first-order valence-corrected chi connectivity index (χ1v) is 12.2. The van der Waals surface area contributed by atoms with E-state index < -0.39 is 0 Å². The number of guanidine groups is 1. The fourth-order valence-electron chi connectivity index (χ4n) is 4.66. The first kappa shape index (κ1) is 26.3. The highest BCUT2D eigenvalue weighted by Crippen LogP contribution is 2.36. The third kappa shape index (κ3) is 7.20. The van der Waals surface area contributed by atoms with E-state index in [0.29, 0.717) is 5.54 Å². The summed E-state index contributed by atoms with van der Waals surface area (Å²) in [5, 5.41) is 16.6. The maximum Gasteiger partial charge on any atom is 0.191 e. The Kier molecular flexibility index (Phi) is 12.7. The lowest BCUT2D eigenvalue weighted by atomic mass is 9.79. The number of aliphatic imine (C=N–C) groups is 1. The Balaban J connectivity index is 0.00000392. The molecule has 0 unspecified atom stereocenters. The molecule has 1 aliphatic carbocycles. The molecule has 28 heavy (non-hydrogen) atoms. The number of aliphatic hydroxyl groups is 1. The van der Waals surface area contributed by atoms with Gasteiger partial charge in [-0.15, -0.1) is 24.0 Å². The van der Waals surface area contributed by atoms with Gasteiger partial charge in [-0.25, -0.2) is 0 Å². The van der Waals surface area contributed by atoms with Crippen LogP contribution in [0.15, 0.2) is 4.99 Å². The molecule has 0 atom stereocenters. The lowest BCUT2D eigenvalue weighted by molar-refractivity contribution is 0.107. The Morgan fingerprint density at radius 3 is 2.29 bits per heavy atom. The number of rotatable bonds is 10. The van der Waals surface area contributed by atoms with Gasteiger partial charge in [0, 0.05) is 56.4 Å². The highest BCUT2D eigenvalue weighted by atomic mass is 127. The molecule has 5 nitrogen and oxygen atoms in total. The molecular formula is C21H43IN4OS. The monoisotopic (exact) mass is 526 g/mol. The lowest BCUT2D eigenvalue weighted by Gasteiger charge is -2.43. The zero-order valence-electron chi connectivity index (χ0n) is 18.3. The number of thioether (sulfide) groups is 1. The Bertz CT molecular complexity index is 448. The third-order valence-electron chi connectivity index (χ3n) is 6.86. The van der Waals surface area contributed by atoms with Crippen molar-refractivity contribution in [1.29, 1.82) is 0 Å². The number of hydrogen-bond acceptors (Lipinski definition) is 4. The molecule has 1 saturated carbocycles. The van der Waals surface area contributed by atoms with E-state index in [4.69, 9.17) is 4.99 Å². The summed E-state index contributed by atoms with van der Waals surface area (Å²) in [5.41, 5.74) is 0.432. The zero-order chi connectivity index (χ0) is 19.6. The largest absolute Gasteiger partial charge is 0.396 e. The van der Waals surface area contributed by atoms with Gasteiger partial charge in [-0.1, -0.05) is 26.7 Å². The predicted octanol–water partition coefficient (Wildman–Crippen LogP) is 3.71. The number of hydrogen-bond donors (Lipinski definition) is 3. The summed E-state index contributed by atoms with van der Waals surface area (Å²) < 4.78 is 0. The summed E-state index contributed by atoms with van der Waals surface area (Å²) in [6.45, 7) is 11.9. The van der Waals surface area contributed by atoms with Crippen LogP contribution >= 0.6 is 35.7 Å². The first-order chi connectivity index (χ1) is 13.1. The normalized spacial score (nSPS) is 20.6. The molecule has 0 amide bonds. The Morgan fingerprint density at radius 1 is 1.11 bits per heavy atom. The SMILES string of the molecule is CCNC(=NCC(CC)(CC)CCO)NCC1(N2CCSCC2)CCCC1.I. The van der Waals surface area contributed by atoms with Crippen molar-refractivity contribution in [3.63, 3.8) is 0 Å². The van der Waals surface area contributed by atoms with E-state index in [-0.39, 0.29) is 36.0 Å². The van der Waals surface area contributed by atoms with Crippen LogP contribution in [-0.2, 0) is 0 Å². The Morgan fingerprint density at radius 2 is 1.75 bits per heavy atom. The second-order valence-electron chi connectivity index (χ2n) is 8.26. The van der Waals surface area contributed by atoms with Gasteiger partial charge in [0.25, 0.3) is 0 Å². The van der Waals surface area contributed by atoms with Crippen LogP contribution in [0.3, 0.4) is 0 Å². The van der Waals surface area contributed by atoms with Crippen molar-refractivity contribution < 1.29 is 5.11 Å². The number of nitrogens with zero attached hydrogens (tertiary/aromatic N) is 2. The van der Waals surface area contributed by atoms with E-state index in [0.717, 1.165) is 44.9 Å². The third-order valence-corrected chi connectivity index (χ3v) is 7.80. The van der Waals surface area contributed by atoms with Crippen LogP contribution in [0.4, 0.5) is 0 Å². The highest BCUT2D eigenvalue weighted by Gasteiger charge is 2.40.